The molecule has 0 saturated heterocycles. The van der Waals surface area contributed by atoms with Crippen molar-refractivity contribution in [2.24, 2.45) is 0 Å². The maximum absolute atomic E-state index is 10.4. The smallest absolute Gasteiger partial charge is 0.122 e. The van der Waals surface area contributed by atoms with Gasteiger partial charge < -0.3 is 20.4 Å². The first kappa shape index (κ1) is 17.3. The predicted octanol–water partition coefficient (Wildman–Crippen LogP) is 2.38. The van der Waals surface area contributed by atoms with E-state index in [0.29, 0.717) is 30.4 Å². The van der Waals surface area contributed by atoms with E-state index in [1.165, 1.54) is 0 Å². The molecule has 23 heavy (non-hydrogen) atoms. The zero-order chi connectivity index (χ0) is 17.0. The van der Waals surface area contributed by atoms with Crippen LogP contribution in [-0.2, 0) is 19.3 Å². The highest BCUT2D eigenvalue weighted by Crippen LogP contribution is 2.32. The van der Waals surface area contributed by atoms with Crippen molar-refractivity contribution in [1.29, 1.82) is 0 Å². The average molecular weight is 316 g/mol. The third-order valence-electron chi connectivity index (χ3n) is 3.97. The number of phenols is 2. The predicted molar refractivity (Wildman–Crippen MR) is 90.1 cm³/mol. The molecule has 0 amide bonds. The summed E-state index contributed by atoms with van der Waals surface area (Å²) in [5, 5.41) is 39.0. The van der Waals surface area contributed by atoms with Gasteiger partial charge in [-0.1, -0.05) is 35.4 Å². The highest BCUT2D eigenvalue weighted by molar-refractivity contribution is 5.50. The van der Waals surface area contributed by atoms with Crippen molar-refractivity contribution in [2.75, 3.05) is 13.2 Å². The first-order chi connectivity index (χ1) is 11.0. The third kappa shape index (κ3) is 4.03. The molecular weight excluding hydrogens is 292 g/mol. The van der Waals surface area contributed by atoms with Crippen LogP contribution in [0.2, 0.25) is 0 Å². The molecule has 2 rings (SSSR count). The second kappa shape index (κ2) is 7.49. The summed E-state index contributed by atoms with van der Waals surface area (Å²) in [6.07, 6.45) is 1.20. The van der Waals surface area contributed by atoms with Crippen molar-refractivity contribution >= 4 is 0 Å². The molecule has 0 heterocycles. The van der Waals surface area contributed by atoms with Gasteiger partial charge in [0.05, 0.1) is 0 Å². The molecule has 0 aliphatic carbocycles. The Bertz CT molecular complexity index is 633. The Morgan fingerprint density at radius 3 is 1.35 bits per heavy atom. The van der Waals surface area contributed by atoms with Crippen LogP contribution in [0.5, 0.6) is 11.5 Å². The van der Waals surface area contributed by atoms with Crippen LogP contribution in [0, 0.1) is 13.8 Å². The van der Waals surface area contributed by atoms with E-state index in [1.807, 2.05) is 38.1 Å². The molecule has 4 nitrogen and oxygen atoms in total. The van der Waals surface area contributed by atoms with Gasteiger partial charge in [-0.3, -0.25) is 0 Å². The fraction of sp³-hybridized carbons (Fsp3) is 0.368. The molecule has 0 fully saturated rings. The van der Waals surface area contributed by atoms with Gasteiger partial charge in [-0.15, -0.1) is 0 Å². The van der Waals surface area contributed by atoms with Crippen LogP contribution in [-0.4, -0.2) is 33.6 Å². The van der Waals surface area contributed by atoms with Crippen LogP contribution < -0.4 is 0 Å². The van der Waals surface area contributed by atoms with Crippen LogP contribution in [0.4, 0.5) is 0 Å². The molecule has 0 aromatic heterocycles. The molecule has 0 atom stereocenters. The fourth-order valence-corrected chi connectivity index (χ4v) is 2.97. The van der Waals surface area contributed by atoms with Gasteiger partial charge >= 0.3 is 0 Å². The number of rotatable bonds is 6. The summed E-state index contributed by atoms with van der Waals surface area (Å²) in [6, 6.07) is 7.51. The lowest BCUT2D eigenvalue weighted by atomic mass is 9.94. The van der Waals surface area contributed by atoms with E-state index < -0.39 is 0 Å². The summed E-state index contributed by atoms with van der Waals surface area (Å²) in [5.41, 5.74) is 4.89. The van der Waals surface area contributed by atoms with Crippen LogP contribution in [0.25, 0.3) is 0 Å². The molecule has 0 saturated carbocycles. The number of hydrogen-bond donors (Lipinski definition) is 4. The minimum atomic E-state index is -0.0210. The second-order valence-corrected chi connectivity index (χ2v) is 5.99. The van der Waals surface area contributed by atoms with Gasteiger partial charge in [-0.25, -0.2) is 0 Å². The van der Waals surface area contributed by atoms with Crippen molar-refractivity contribution in [3.8, 4) is 11.5 Å². The van der Waals surface area contributed by atoms with Crippen LogP contribution in [0.1, 0.15) is 33.4 Å². The summed E-state index contributed by atoms with van der Waals surface area (Å²) in [4.78, 5) is 0. The van der Waals surface area contributed by atoms with Gasteiger partial charge in [-0.2, -0.15) is 0 Å². The summed E-state index contributed by atoms with van der Waals surface area (Å²) in [5.74, 6) is 0.350. The first-order valence-electron chi connectivity index (χ1n) is 7.80. The summed E-state index contributed by atoms with van der Waals surface area (Å²) >= 11 is 0. The highest BCUT2D eigenvalue weighted by Gasteiger charge is 2.14. The third-order valence-corrected chi connectivity index (χ3v) is 3.97. The minimum absolute atomic E-state index is 0.0210. The van der Waals surface area contributed by atoms with E-state index in [0.717, 1.165) is 22.3 Å². The Labute approximate surface area is 136 Å². The van der Waals surface area contributed by atoms with Crippen molar-refractivity contribution in [3.63, 3.8) is 0 Å². The Balaban J connectivity index is 2.43. The number of aliphatic hydroxyl groups excluding tert-OH is 2. The van der Waals surface area contributed by atoms with Gasteiger partial charge in [0.1, 0.15) is 11.5 Å². The molecular formula is C19H24O4. The Morgan fingerprint density at radius 1 is 0.652 bits per heavy atom. The molecule has 2 aromatic rings. The molecule has 4 heteroatoms. The molecule has 0 aliphatic rings. The molecule has 0 spiro atoms. The SMILES string of the molecule is Cc1cc(CCO)c(O)c(Cc2cc(C)cc(CCO)c2O)c1. The fourth-order valence-electron chi connectivity index (χ4n) is 2.97. The van der Waals surface area contributed by atoms with E-state index in [2.05, 4.69) is 0 Å². The topological polar surface area (TPSA) is 80.9 Å². The first-order valence-corrected chi connectivity index (χ1v) is 7.80. The van der Waals surface area contributed by atoms with Crippen molar-refractivity contribution in [2.45, 2.75) is 33.1 Å². The highest BCUT2D eigenvalue weighted by atomic mass is 16.3. The zero-order valence-corrected chi connectivity index (χ0v) is 13.6. The maximum atomic E-state index is 10.4. The zero-order valence-electron chi connectivity index (χ0n) is 13.6. The number of aliphatic hydroxyl groups is 2. The van der Waals surface area contributed by atoms with Gasteiger partial charge in [0.25, 0.3) is 0 Å². The van der Waals surface area contributed by atoms with Gasteiger partial charge in [0.15, 0.2) is 0 Å². The molecule has 0 unspecified atom stereocenters. The maximum Gasteiger partial charge on any atom is 0.122 e. The normalized spacial score (nSPS) is 11.0. The van der Waals surface area contributed by atoms with E-state index >= 15 is 0 Å². The Kier molecular flexibility index (Phi) is 5.64. The van der Waals surface area contributed by atoms with E-state index in [9.17, 15) is 10.2 Å². The van der Waals surface area contributed by atoms with Gasteiger partial charge in [0, 0.05) is 19.6 Å². The largest absolute Gasteiger partial charge is 0.507 e. The van der Waals surface area contributed by atoms with Crippen molar-refractivity contribution in [3.05, 3.63) is 57.6 Å². The summed E-state index contributed by atoms with van der Waals surface area (Å²) in [7, 11) is 0. The second-order valence-electron chi connectivity index (χ2n) is 5.99. The molecule has 0 aliphatic heterocycles. The van der Waals surface area contributed by atoms with E-state index in [4.69, 9.17) is 10.2 Å². The number of aryl methyl sites for hydroxylation is 2. The molecule has 0 radical (unpaired) electrons. The summed E-state index contributed by atoms with van der Waals surface area (Å²) in [6.45, 7) is 3.84. The summed E-state index contributed by atoms with van der Waals surface area (Å²) < 4.78 is 0. The molecule has 124 valence electrons. The quantitative estimate of drug-likeness (QED) is 0.659. The number of benzene rings is 2. The van der Waals surface area contributed by atoms with E-state index in [1.54, 1.807) is 0 Å². The Morgan fingerprint density at radius 2 is 1.00 bits per heavy atom. The van der Waals surface area contributed by atoms with Crippen LogP contribution >= 0.6 is 0 Å². The Hall–Kier alpha value is -2.04. The lowest BCUT2D eigenvalue weighted by molar-refractivity contribution is 0.297. The van der Waals surface area contributed by atoms with Crippen molar-refractivity contribution in [1.82, 2.24) is 0 Å². The molecule has 2 aromatic carbocycles. The molecule has 0 bridgehead atoms. The van der Waals surface area contributed by atoms with Gasteiger partial charge in [-0.05, 0) is 48.9 Å². The van der Waals surface area contributed by atoms with Crippen LogP contribution in [0.15, 0.2) is 24.3 Å². The van der Waals surface area contributed by atoms with Gasteiger partial charge in [0.2, 0.25) is 0 Å². The minimum Gasteiger partial charge on any atom is -0.507 e. The lowest BCUT2D eigenvalue weighted by Crippen LogP contribution is -2.00. The van der Waals surface area contributed by atoms with Crippen molar-refractivity contribution < 1.29 is 20.4 Å². The van der Waals surface area contributed by atoms with E-state index in [-0.39, 0.29) is 24.7 Å². The number of phenolic OH excluding ortho intramolecular Hbond substituents is 2. The number of hydrogen-bond acceptors (Lipinski definition) is 4. The lowest BCUT2D eigenvalue weighted by Gasteiger charge is -2.14. The molecule has 4 N–H and O–H groups in total. The van der Waals surface area contributed by atoms with Crippen LogP contribution in [0.3, 0.4) is 0 Å². The number of aromatic hydroxyl groups is 2. The standard InChI is InChI=1S/C19H24O4/c1-12-7-14(3-5-20)18(22)16(9-12)11-17-10-13(2)8-15(4-6-21)19(17)23/h7-10,20-23H,3-6,11H2,1-2H3. The monoisotopic (exact) mass is 316 g/mol. The average Bonchev–Trinajstić information content (AvgIpc) is 2.49.